The maximum absolute atomic E-state index is 12.1. The quantitative estimate of drug-likeness (QED) is 0.0992. The van der Waals surface area contributed by atoms with Gasteiger partial charge in [-0.3, -0.25) is 18.6 Å². The number of unbranched alkanes of at least 4 members (excludes halogenated alkanes) is 11. The molecule has 202 valence electrons. The van der Waals surface area contributed by atoms with Crippen molar-refractivity contribution in [3.05, 3.63) is 0 Å². The van der Waals surface area contributed by atoms with Gasteiger partial charge in [0, 0.05) is 19.4 Å². The first-order valence-corrected chi connectivity index (χ1v) is 14.5. The summed E-state index contributed by atoms with van der Waals surface area (Å²) in [5.41, 5.74) is 5.26. The molecule has 0 aliphatic rings. The molecule has 1 unspecified atom stereocenters. The molecule has 0 saturated heterocycles. The molecule has 0 saturated carbocycles. The van der Waals surface area contributed by atoms with E-state index in [-0.39, 0.29) is 32.6 Å². The molecule has 0 spiro atoms. The number of phosphoric ester groups is 1. The third-order valence-electron chi connectivity index (χ3n) is 5.24. The Kier molecular flexibility index (Phi) is 21.8. The van der Waals surface area contributed by atoms with Crippen molar-refractivity contribution < 1.29 is 37.6 Å². The van der Waals surface area contributed by atoms with Crippen LogP contribution in [0.3, 0.4) is 0 Å². The van der Waals surface area contributed by atoms with E-state index in [4.69, 9.17) is 19.7 Å². The molecule has 0 aromatic carbocycles. The Balaban J connectivity index is 4.33. The van der Waals surface area contributed by atoms with Crippen LogP contribution in [0.4, 0.5) is 0 Å². The lowest BCUT2D eigenvalue weighted by molar-refractivity contribution is -0.161. The second-order valence-electron chi connectivity index (χ2n) is 8.57. The number of hydrogen-bond donors (Lipinski definition) is 2. The van der Waals surface area contributed by atoms with Crippen LogP contribution >= 0.6 is 7.82 Å². The predicted octanol–water partition coefficient (Wildman–Crippen LogP) is 5.43. The van der Waals surface area contributed by atoms with Crippen LogP contribution in [0, 0.1) is 0 Å². The maximum atomic E-state index is 12.1. The summed E-state index contributed by atoms with van der Waals surface area (Å²) in [7, 11) is -4.33. The van der Waals surface area contributed by atoms with Gasteiger partial charge in [-0.05, 0) is 12.8 Å². The lowest BCUT2D eigenvalue weighted by atomic mass is 10.1. The number of hydrogen-bond acceptors (Lipinski definition) is 8. The Labute approximate surface area is 206 Å². The SMILES string of the molecule is CCCCCCCCCCCC(=O)OC[C@H](COP(=O)(O)OCCN)OC(=O)CCCCCC. The van der Waals surface area contributed by atoms with Crippen molar-refractivity contribution in [2.24, 2.45) is 5.73 Å². The van der Waals surface area contributed by atoms with Crippen molar-refractivity contribution >= 4 is 19.8 Å². The van der Waals surface area contributed by atoms with Gasteiger partial charge in [-0.2, -0.15) is 0 Å². The molecule has 0 bridgehead atoms. The molecule has 0 aliphatic heterocycles. The van der Waals surface area contributed by atoms with Gasteiger partial charge in [-0.1, -0.05) is 84.5 Å². The minimum Gasteiger partial charge on any atom is -0.462 e. The van der Waals surface area contributed by atoms with Crippen LogP contribution in [0.25, 0.3) is 0 Å². The van der Waals surface area contributed by atoms with Crippen LogP contribution in [0.5, 0.6) is 0 Å². The first-order chi connectivity index (χ1) is 16.3. The molecule has 0 aliphatic carbocycles. The highest BCUT2D eigenvalue weighted by molar-refractivity contribution is 7.47. The molecule has 0 amide bonds. The van der Waals surface area contributed by atoms with Crippen LogP contribution in [-0.2, 0) is 32.7 Å². The molecule has 0 fully saturated rings. The summed E-state index contributed by atoms with van der Waals surface area (Å²) < 4.78 is 32.0. The minimum atomic E-state index is -4.33. The number of esters is 2. The topological polar surface area (TPSA) is 134 Å². The van der Waals surface area contributed by atoms with Gasteiger partial charge in [-0.25, -0.2) is 4.57 Å². The number of nitrogens with two attached hydrogens (primary N) is 1. The normalized spacial score (nSPS) is 13.9. The van der Waals surface area contributed by atoms with Crippen molar-refractivity contribution in [1.82, 2.24) is 0 Å². The van der Waals surface area contributed by atoms with Crippen LogP contribution in [0.2, 0.25) is 0 Å². The highest BCUT2D eigenvalue weighted by atomic mass is 31.2. The Morgan fingerprint density at radius 3 is 1.82 bits per heavy atom. The van der Waals surface area contributed by atoms with Gasteiger partial charge in [-0.15, -0.1) is 0 Å². The van der Waals surface area contributed by atoms with Crippen LogP contribution in [0.15, 0.2) is 0 Å². The number of carbonyl (C=O) groups is 2. The van der Waals surface area contributed by atoms with E-state index < -0.39 is 32.5 Å². The molecular weight excluding hydrogens is 461 g/mol. The molecule has 34 heavy (non-hydrogen) atoms. The monoisotopic (exact) mass is 509 g/mol. The fourth-order valence-corrected chi connectivity index (χ4v) is 4.04. The highest BCUT2D eigenvalue weighted by Gasteiger charge is 2.25. The van der Waals surface area contributed by atoms with Gasteiger partial charge in [0.05, 0.1) is 13.2 Å². The van der Waals surface area contributed by atoms with E-state index in [0.717, 1.165) is 38.5 Å². The van der Waals surface area contributed by atoms with Gasteiger partial charge in [0.1, 0.15) is 6.61 Å². The Bertz CT molecular complexity index is 561. The zero-order chi connectivity index (χ0) is 25.5. The number of ether oxygens (including phenoxy) is 2. The summed E-state index contributed by atoms with van der Waals surface area (Å²) in [6.45, 7) is 3.52. The highest BCUT2D eigenvalue weighted by Crippen LogP contribution is 2.43. The predicted molar refractivity (Wildman–Crippen MR) is 132 cm³/mol. The molecule has 0 rings (SSSR count). The molecule has 2 atom stereocenters. The van der Waals surface area contributed by atoms with E-state index >= 15 is 0 Å². The average molecular weight is 510 g/mol. The first kappa shape index (κ1) is 33.0. The Morgan fingerprint density at radius 1 is 0.765 bits per heavy atom. The van der Waals surface area contributed by atoms with Crippen LogP contribution in [0.1, 0.15) is 110 Å². The van der Waals surface area contributed by atoms with Crippen LogP contribution in [-0.4, -0.2) is 49.3 Å². The van der Waals surface area contributed by atoms with Crippen molar-refractivity contribution in [2.45, 2.75) is 116 Å². The Hall–Kier alpha value is -0.990. The van der Waals surface area contributed by atoms with Crippen molar-refractivity contribution in [3.63, 3.8) is 0 Å². The molecule has 10 heteroatoms. The fourth-order valence-electron chi connectivity index (χ4n) is 3.28. The zero-order valence-corrected chi connectivity index (χ0v) is 22.2. The van der Waals surface area contributed by atoms with E-state index in [0.29, 0.717) is 6.42 Å². The van der Waals surface area contributed by atoms with Crippen LogP contribution < -0.4 is 5.73 Å². The number of phosphoric acid groups is 1. The van der Waals surface area contributed by atoms with Gasteiger partial charge in [0.15, 0.2) is 6.10 Å². The van der Waals surface area contributed by atoms with E-state index in [2.05, 4.69) is 18.4 Å². The largest absolute Gasteiger partial charge is 0.472 e. The molecule has 0 heterocycles. The standard InChI is InChI=1S/C24H48NO8P/c1-3-5-7-9-10-11-12-13-15-16-23(26)30-20-22(21-32-34(28,29)31-19-18-25)33-24(27)17-14-8-6-4-2/h22H,3-21,25H2,1-2H3,(H,28,29)/t22-/m1/s1. The summed E-state index contributed by atoms with van der Waals surface area (Å²) in [5.74, 6) is -0.853. The van der Waals surface area contributed by atoms with Gasteiger partial charge < -0.3 is 20.1 Å². The van der Waals surface area contributed by atoms with Crippen molar-refractivity contribution in [3.8, 4) is 0 Å². The summed E-state index contributed by atoms with van der Waals surface area (Å²) in [6, 6.07) is 0. The molecule has 0 radical (unpaired) electrons. The van der Waals surface area contributed by atoms with E-state index in [1.807, 2.05) is 0 Å². The smallest absolute Gasteiger partial charge is 0.462 e. The fraction of sp³-hybridized carbons (Fsp3) is 0.917. The third-order valence-corrected chi connectivity index (χ3v) is 6.23. The van der Waals surface area contributed by atoms with Gasteiger partial charge >= 0.3 is 19.8 Å². The number of rotatable bonds is 24. The second-order valence-corrected chi connectivity index (χ2v) is 10.0. The average Bonchev–Trinajstić information content (AvgIpc) is 2.81. The maximum Gasteiger partial charge on any atom is 0.472 e. The summed E-state index contributed by atoms with van der Waals surface area (Å²) in [5, 5.41) is 0. The molecule has 0 aromatic rings. The van der Waals surface area contributed by atoms with E-state index in [1.165, 1.54) is 38.5 Å². The summed E-state index contributed by atoms with van der Waals surface area (Å²) in [6.07, 6.45) is 13.5. The van der Waals surface area contributed by atoms with Crippen molar-refractivity contribution in [2.75, 3.05) is 26.4 Å². The first-order valence-electron chi connectivity index (χ1n) is 13.0. The number of carbonyl (C=O) groups excluding carboxylic acids is 2. The molecular formula is C24H48NO8P. The second kappa shape index (κ2) is 22.5. The minimum absolute atomic E-state index is 0.0561. The lowest BCUT2D eigenvalue weighted by Crippen LogP contribution is -2.29. The third kappa shape index (κ3) is 21.5. The summed E-state index contributed by atoms with van der Waals surface area (Å²) in [4.78, 5) is 33.9. The Morgan fingerprint density at radius 2 is 1.26 bits per heavy atom. The van der Waals surface area contributed by atoms with Crippen molar-refractivity contribution in [1.29, 1.82) is 0 Å². The zero-order valence-electron chi connectivity index (χ0n) is 21.3. The summed E-state index contributed by atoms with van der Waals surface area (Å²) >= 11 is 0. The molecule has 3 N–H and O–H groups in total. The van der Waals surface area contributed by atoms with E-state index in [1.54, 1.807) is 0 Å². The lowest BCUT2D eigenvalue weighted by Gasteiger charge is -2.19. The van der Waals surface area contributed by atoms with Gasteiger partial charge in [0.25, 0.3) is 0 Å². The molecule has 0 aromatic heterocycles. The molecule has 9 nitrogen and oxygen atoms in total. The van der Waals surface area contributed by atoms with E-state index in [9.17, 15) is 19.0 Å². The van der Waals surface area contributed by atoms with Gasteiger partial charge in [0.2, 0.25) is 0 Å².